The molecule has 3 heterocycles. The summed E-state index contributed by atoms with van der Waals surface area (Å²) < 4.78 is 0. The Labute approximate surface area is 157 Å². The van der Waals surface area contributed by atoms with Gasteiger partial charge in [0.1, 0.15) is 23.2 Å². The van der Waals surface area contributed by atoms with Crippen LogP contribution in [0.15, 0.2) is 36.5 Å². The molecule has 7 nitrogen and oxygen atoms in total. The Kier molecular flexibility index (Phi) is 4.57. The zero-order valence-electron chi connectivity index (χ0n) is 15.1. The van der Waals surface area contributed by atoms with E-state index in [0.717, 1.165) is 42.5 Å². The van der Waals surface area contributed by atoms with Gasteiger partial charge in [-0.25, -0.2) is 4.98 Å². The normalized spacial score (nSPS) is 17.6. The van der Waals surface area contributed by atoms with Gasteiger partial charge in [0, 0.05) is 35.6 Å². The van der Waals surface area contributed by atoms with Crippen LogP contribution < -0.4 is 5.32 Å². The Hall–Kier alpha value is -3.24. The quantitative estimate of drug-likeness (QED) is 0.741. The molecule has 0 unspecified atom stereocenters. The van der Waals surface area contributed by atoms with Crippen molar-refractivity contribution in [3.05, 3.63) is 42.2 Å². The van der Waals surface area contributed by atoms with E-state index in [1.54, 1.807) is 0 Å². The smallest absolute Gasteiger partial charge is 0.156 e. The number of pyridine rings is 1. The van der Waals surface area contributed by atoms with Crippen LogP contribution in [-0.2, 0) is 0 Å². The molecule has 2 N–H and O–H groups in total. The van der Waals surface area contributed by atoms with Crippen LogP contribution in [0.2, 0.25) is 0 Å². The second kappa shape index (κ2) is 7.17. The molecule has 0 bridgehead atoms. The van der Waals surface area contributed by atoms with E-state index >= 15 is 0 Å². The van der Waals surface area contributed by atoms with Gasteiger partial charge in [0.2, 0.25) is 0 Å². The summed E-state index contributed by atoms with van der Waals surface area (Å²) in [4.78, 5) is 6.37. The van der Waals surface area contributed by atoms with Gasteiger partial charge in [-0.15, -0.1) is 10.2 Å². The molecular weight excluding hydrogens is 340 g/mol. The van der Waals surface area contributed by atoms with Crippen molar-refractivity contribution in [1.29, 1.82) is 5.26 Å². The van der Waals surface area contributed by atoms with Gasteiger partial charge in [-0.2, -0.15) is 5.26 Å². The first-order chi connectivity index (χ1) is 13.2. The lowest BCUT2D eigenvalue weighted by Gasteiger charge is -2.30. The van der Waals surface area contributed by atoms with E-state index in [2.05, 4.69) is 32.4 Å². The van der Waals surface area contributed by atoms with Crippen molar-refractivity contribution in [2.24, 2.45) is 0 Å². The number of hydrogen-bond donors (Lipinski definition) is 2. The number of fused-ring (bicyclic) bond motifs is 1. The molecule has 0 saturated carbocycles. The number of anilines is 1. The van der Waals surface area contributed by atoms with E-state index < -0.39 is 0 Å². The number of rotatable bonds is 3. The third kappa shape index (κ3) is 3.39. The molecule has 1 aliphatic heterocycles. The van der Waals surface area contributed by atoms with E-state index in [1.165, 1.54) is 12.3 Å². The SMILES string of the molecule is CN1CCC[C@@H](Nc2nnc(-c3cnc(C#N)cc3O)c3ccccc23)C1. The zero-order valence-corrected chi connectivity index (χ0v) is 15.1. The average Bonchev–Trinajstić information content (AvgIpc) is 2.68. The van der Waals surface area contributed by atoms with E-state index in [9.17, 15) is 5.11 Å². The predicted molar refractivity (Wildman–Crippen MR) is 103 cm³/mol. The maximum absolute atomic E-state index is 10.3. The molecule has 0 spiro atoms. The van der Waals surface area contributed by atoms with Crippen LogP contribution in [0.5, 0.6) is 5.75 Å². The van der Waals surface area contributed by atoms with Gasteiger partial charge in [0.15, 0.2) is 5.82 Å². The van der Waals surface area contributed by atoms with Crippen molar-refractivity contribution in [2.75, 3.05) is 25.5 Å². The maximum atomic E-state index is 10.3. The molecule has 136 valence electrons. The number of likely N-dealkylation sites (N-methyl/N-ethyl adjacent to an activating group) is 1. The van der Waals surface area contributed by atoms with Crippen molar-refractivity contribution >= 4 is 16.6 Å². The summed E-state index contributed by atoms with van der Waals surface area (Å²) >= 11 is 0. The number of nitrogens with zero attached hydrogens (tertiary/aromatic N) is 5. The highest BCUT2D eigenvalue weighted by Crippen LogP contribution is 2.34. The van der Waals surface area contributed by atoms with Crippen molar-refractivity contribution in [3.8, 4) is 23.1 Å². The molecule has 0 radical (unpaired) electrons. The number of nitriles is 1. The molecule has 4 rings (SSSR count). The van der Waals surface area contributed by atoms with E-state index in [0.29, 0.717) is 17.3 Å². The summed E-state index contributed by atoms with van der Waals surface area (Å²) in [6.45, 7) is 2.09. The fourth-order valence-electron chi connectivity index (χ4n) is 3.58. The largest absolute Gasteiger partial charge is 0.507 e. The summed E-state index contributed by atoms with van der Waals surface area (Å²) in [6.07, 6.45) is 3.72. The highest BCUT2D eigenvalue weighted by molar-refractivity contribution is 6.00. The Morgan fingerprint density at radius 1 is 1.26 bits per heavy atom. The highest BCUT2D eigenvalue weighted by atomic mass is 16.3. The topological polar surface area (TPSA) is 98.0 Å². The van der Waals surface area contributed by atoms with Crippen molar-refractivity contribution in [3.63, 3.8) is 0 Å². The number of hydrogen-bond acceptors (Lipinski definition) is 7. The van der Waals surface area contributed by atoms with Crippen LogP contribution in [0.4, 0.5) is 5.82 Å². The van der Waals surface area contributed by atoms with E-state index in [1.807, 2.05) is 30.3 Å². The van der Waals surface area contributed by atoms with Crippen LogP contribution in [0.25, 0.3) is 22.0 Å². The molecule has 1 atom stereocenters. The molecule has 3 aromatic rings. The van der Waals surface area contributed by atoms with Crippen molar-refractivity contribution in [2.45, 2.75) is 18.9 Å². The van der Waals surface area contributed by atoms with Gasteiger partial charge in [0.25, 0.3) is 0 Å². The van der Waals surface area contributed by atoms with Gasteiger partial charge in [-0.3, -0.25) is 0 Å². The van der Waals surface area contributed by atoms with Gasteiger partial charge in [0.05, 0.1) is 5.56 Å². The summed E-state index contributed by atoms with van der Waals surface area (Å²) in [5.41, 5.74) is 1.17. The second-order valence-corrected chi connectivity index (χ2v) is 6.89. The van der Waals surface area contributed by atoms with Crippen LogP contribution in [-0.4, -0.2) is 51.4 Å². The second-order valence-electron chi connectivity index (χ2n) is 6.89. The minimum Gasteiger partial charge on any atom is -0.507 e. The van der Waals surface area contributed by atoms with Gasteiger partial charge in [-0.1, -0.05) is 24.3 Å². The number of likely N-dealkylation sites (tertiary alicyclic amines) is 1. The lowest BCUT2D eigenvalue weighted by Crippen LogP contribution is -2.40. The Balaban J connectivity index is 1.76. The minimum atomic E-state index is -0.0318. The minimum absolute atomic E-state index is 0.0318. The Bertz CT molecular complexity index is 1030. The zero-order chi connectivity index (χ0) is 18.8. The summed E-state index contributed by atoms with van der Waals surface area (Å²) in [5.74, 6) is 0.714. The molecule has 1 fully saturated rings. The molecule has 0 aliphatic carbocycles. The standard InChI is InChI=1S/C20H20N6O/c1-26-8-4-5-13(12-26)23-20-16-7-3-2-6-15(16)19(24-25-20)17-11-22-14(10-21)9-18(17)27/h2-3,6-7,9,11,13H,4-5,8,12H2,1H3,(H,22,27)(H,23,25)/t13-/m1/s1. The summed E-state index contributed by atoms with van der Waals surface area (Å²) in [5, 5.41) is 33.4. The van der Waals surface area contributed by atoms with E-state index in [4.69, 9.17) is 5.26 Å². The van der Waals surface area contributed by atoms with Crippen molar-refractivity contribution < 1.29 is 5.11 Å². The molecule has 1 saturated heterocycles. The van der Waals surface area contributed by atoms with Gasteiger partial charge >= 0.3 is 0 Å². The van der Waals surface area contributed by atoms with E-state index in [-0.39, 0.29) is 11.4 Å². The summed E-state index contributed by atoms with van der Waals surface area (Å²) in [6, 6.07) is 11.4. The predicted octanol–water partition coefficient (Wildman–Crippen LogP) is 2.78. The maximum Gasteiger partial charge on any atom is 0.156 e. The third-order valence-corrected chi connectivity index (χ3v) is 4.90. The lowest BCUT2D eigenvalue weighted by atomic mass is 10.0. The molecule has 2 aromatic heterocycles. The fraction of sp³-hybridized carbons (Fsp3) is 0.300. The molecule has 7 heteroatoms. The molecule has 0 amide bonds. The lowest BCUT2D eigenvalue weighted by molar-refractivity contribution is 0.261. The van der Waals surface area contributed by atoms with Crippen LogP contribution in [0.1, 0.15) is 18.5 Å². The monoisotopic (exact) mass is 360 g/mol. The molecule has 1 aliphatic rings. The fourth-order valence-corrected chi connectivity index (χ4v) is 3.58. The van der Waals surface area contributed by atoms with Crippen LogP contribution in [0.3, 0.4) is 0 Å². The van der Waals surface area contributed by atoms with Gasteiger partial charge in [-0.05, 0) is 26.4 Å². The van der Waals surface area contributed by atoms with Crippen molar-refractivity contribution in [1.82, 2.24) is 20.1 Å². The third-order valence-electron chi connectivity index (χ3n) is 4.90. The summed E-state index contributed by atoms with van der Waals surface area (Å²) in [7, 11) is 2.13. The number of aromatic nitrogens is 3. The Morgan fingerprint density at radius 3 is 2.81 bits per heavy atom. The number of aromatic hydroxyl groups is 1. The molecular formula is C20H20N6O. The number of benzene rings is 1. The number of nitrogens with one attached hydrogen (secondary N) is 1. The first-order valence-electron chi connectivity index (χ1n) is 8.95. The first kappa shape index (κ1) is 17.2. The molecule has 27 heavy (non-hydrogen) atoms. The van der Waals surface area contributed by atoms with Crippen LogP contribution >= 0.6 is 0 Å². The average molecular weight is 360 g/mol. The van der Waals surface area contributed by atoms with Gasteiger partial charge < -0.3 is 15.3 Å². The highest BCUT2D eigenvalue weighted by Gasteiger charge is 2.20. The number of piperidine rings is 1. The molecule has 1 aromatic carbocycles. The van der Waals surface area contributed by atoms with Crippen LogP contribution in [0, 0.1) is 11.3 Å². The Morgan fingerprint density at radius 2 is 2.07 bits per heavy atom. The first-order valence-corrected chi connectivity index (χ1v) is 8.95.